The van der Waals surface area contributed by atoms with Gasteiger partial charge in [0.15, 0.2) is 0 Å². The SMILES string of the molecule is O=C(C1CCN(c2ccc(F)cc2[N+](=O)[O-])CC1)N1CCOCC1. The van der Waals surface area contributed by atoms with Crippen molar-refractivity contribution in [1.82, 2.24) is 4.90 Å². The number of ether oxygens (including phenoxy) is 1. The Morgan fingerprint density at radius 3 is 2.50 bits per heavy atom. The van der Waals surface area contributed by atoms with Crippen molar-refractivity contribution < 1.29 is 18.8 Å². The summed E-state index contributed by atoms with van der Waals surface area (Å²) in [5.74, 6) is -0.534. The Morgan fingerprint density at radius 1 is 1.21 bits per heavy atom. The summed E-state index contributed by atoms with van der Waals surface area (Å²) in [5, 5.41) is 11.1. The first-order valence-electron chi connectivity index (χ1n) is 8.11. The summed E-state index contributed by atoms with van der Waals surface area (Å²) in [4.78, 5) is 26.8. The second-order valence-corrected chi connectivity index (χ2v) is 6.09. The number of hydrogen-bond acceptors (Lipinski definition) is 5. The highest BCUT2D eigenvalue weighted by Crippen LogP contribution is 2.32. The fourth-order valence-corrected chi connectivity index (χ4v) is 3.32. The Labute approximate surface area is 139 Å². The van der Waals surface area contributed by atoms with Crippen LogP contribution >= 0.6 is 0 Å². The van der Waals surface area contributed by atoms with E-state index >= 15 is 0 Å². The van der Waals surface area contributed by atoms with Gasteiger partial charge in [-0.15, -0.1) is 0 Å². The molecule has 0 saturated carbocycles. The lowest BCUT2D eigenvalue weighted by molar-refractivity contribution is -0.384. The zero-order chi connectivity index (χ0) is 17.1. The highest BCUT2D eigenvalue weighted by atomic mass is 19.1. The molecule has 2 fully saturated rings. The van der Waals surface area contributed by atoms with Gasteiger partial charge in [-0.2, -0.15) is 0 Å². The number of hydrogen-bond donors (Lipinski definition) is 0. The molecule has 2 heterocycles. The average molecular weight is 337 g/mol. The second kappa shape index (κ2) is 7.12. The average Bonchev–Trinajstić information content (AvgIpc) is 2.62. The third-order valence-electron chi connectivity index (χ3n) is 4.64. The van der Waals surface area contributed by atoms with E-state index in [0.717, 1.165) is 6.07 Å². The molecule has 3 rings (SSSR count). The lowest BCUT2D eigenvalue weighted by Gasteiger charge is -2.36. The summed E-state index contributed by atoms with van der Waals surface area (Å²) in [6, 6.07) is 3.62. The van der Waals surface area contributed by atoms with E-state index in [9.17, 15) is 19.3 Å². The van der Waals surface area contributed by atoms with Crippen LogP contribution in [0.2, 0.25) is 0 Å². The van der Waals surface area contributed by atoms with Crippen molar-refractivity contribution in [2.24, 2.45) is 5.92 Å². The Kier molecular flexibility index (Phi) is 4.94. The van der Waals surface area contributed by atoms with E-state index in [2.05, 4.69) is 0 Å². The normalized spacial score (nSPS) is 19.4. The predicted molar refractivity (Wildman–Crippen MR) is 85.4 cm³/mol. The van der Waals surface area contributed by atoms with Gasteiger partial charge in [-0.1, -0.05) is 0 Å². The number of rotatable bonds is 3. The number of halogens is 1. The van der Waals surface area contributed by atoms with Crippen LogP contribution in [0.15, 0.2) is 18.2 Å². The van der Waals surface area contributed by atoms with Crippen LogP contribution in [0.1, 0.15) is 12.8 Å². The molecule has 0 atom stereocenters. The van der Waals surface area contributed by atoms with E-state index in [1.54, 1.807) is 0 Å². The van der Waals surface area contributed by atoms with Crippen molar-refractivity contribution in [1.29, 1.82) is 0 Å². The molecule has 24 heavy (non-hydrogen) atoms. The number of benzene rings is 1. The highest BCUT2D eigenvalue weighted by molar-refractivity contribution is 5.79. The van der Waals surface area contributed by atoms with Crippen molar-refractivity contribution in [3.05, 3.63) is 34.1 Å². The van der Waals surface area contributed by atoms with Crippen LogP contribution in [0, 0.1) is 21.8 Å². The van der Waals surface area contributed by atoms with Gasteiger partial charge in [0.2, 0.25) is 5.91 Å². The summed E-state index contributed by atoms with van der Waals surface area (Å²) in [7, 11) is 0. The molecule has 0 N–H and O–H groups in total. The van der Waals surface area contributed by atoms with Gasteiger partial charge < -0.3 is 14.5 Å². The lowest BCUT2D eigenvalue weighted by Crippen LogP contribution is -2.46. The number of carbonyl (C=O) groups is 1. The zero-order valence-electron chi connectivity index (χ0n) is 13.3. The maximum Gasteiger partial charge on any atom is 0.295 e. The summed E-state index contributed by atoms with van der Waals surface area (Å²) in [6.07, 6.45) is 1.29. The number of piperidine rings is 1. The molecular formula is C16H20FN3O4. The molecule has 130 valence electrons. The molecule has 8 heteroatoms. The standard InChI is InChI=1S/C16H20FN3O4/c17-13-1-2-14(15(11-13)20(22)23)18-5-3-12(4-6-18)16(21)19-7-9-24-10-8-19/h1-2,11-12H,3-10H2. The first-order chi connectivity index (χ1) is 11.6. The molecule has 1 aromatic carbocycles. The molecule has 0 unspecified atom stereocenters. The van der Waals surface area contributed by atoms with Crippen LogP contribution in [0.4, 0.5) is 15.8 Å². The Hall–Kier alpha value is -2.22. The van der Waals surface area contributed by atoms with E-state index < -0.39 is 10.7 Å². The quantitative estimate of drug-likeness (QED) is 0.621. The van der Waals surface area contributed by atoms with Gasteiger partial charge in [0.1, 0.15) is 11.5 Å². The number of anilines is 1. The van der Waals surface area contributed by atoms with Gasteiger partial charge in [0.25, 0.3) is 5.69 Å². The lowest BCUT2D eigenvalue weighted by atomic mass is 9.94. The molecule has 0 radical (unpaired) electrons. The molecule has 1 amide bonds. The van der Waals surface area contributed by atoms with Crippen LogP contribution in [-0.2, 0) is 9.53 Å². The molecule has 0 aromatic heterocycles. The molecule has 2 saturated heterocycles. The first kappa shape index (κ1) is 16.6. The van der Waals surface area contributed by atoms with Crippen LogP contribution in [0.5, 0.6) is 0 Å². The van der Waals surface area contributed by atoms with E-state index in [4.69, 9.17) is 4.74 Å². The van der Waals surface area contributed by atoms with Crippen LogP contribution in [0.25, 0.3) is 0 Å². The van der Waals surface area contributed by atoms with Crippen molar-refractivity contribution in [3.8, 4) is 0 Å². The molecule has 0 aliphatic carbocycles. The fourth-order valence-electron chi connectivity index (χ4n) is 3.32. The maximum absolute atomic E-state index is 13.3. The number of nitro groups is 1. The largest absolute Gasteiger partial charge is 0.378 e. The minimum Gasteiger partial charge on any atom is -0.378 e. The molecule has 1 aromatic rings. The Balaban J connectivity index is 1.65. The van der Waals surface area contributed by atoms with Crippen molar-refractivity contribution in [3.63, 3.8) is 0 Å². The molecule has 0 spiro atoms. The number of nitro benzene ring substituents is 1. The van der Waals surface area contributed by atoms with E-state index in [-0.39, 0.29) is 17.5 Å². The fraction of sp³-hybridized carbons (Fsp3) is 0.562. The van der Waals surface area contributed by atoms with Gasteiger partial charge in [0, 0.05) is 32.1 Å². The summed E-state index contributed by atoms with van der Waals surface area (Å²) in [5.41, 5.74) is 0.187. The van der Waals surface area contributed by atoms with Crippen LogP contribution in [0.3, 0.4) is 0 Å². The predicted octanol–water partition coefficient (Wildman–Crippen LogP) is 1.81. The second-order valence-electron chi connectivity index (χ2n) is 6.09. The third kappa shape index (κ3) is 3.48. The first-order valence-corrected chi connectivity index (χ1v) is 8.11. The summed E-state index contributed by atoms with van der Waals surface area (Å²) < 4.78 is 18.5. The van der Waals surface area contributed by atoms with Crippen molar-refractivity contribution in [2.75, 3.05) is 44.3 Å². The topological polar surface area (TPSA) is 75.9 Å². The monoisotopic (exact) mass is 337 g/mol. The number of carbonyl (C=O) groups excluding carboxylic acids is 1. The molecule has 2 aliphatic rings. The zero-order valence-corrected chi connectivity index (χ0v) is 13.3. The Bertz CT molecular complexity index is 626. The van der Waals surface area contributed by atoms with Gasteiger partial charge in [0.05, 0.1) is 24.2 Å². The molecular weight excluding hydrogens is 317 g/mol. The number of morpholine rings is 1. The van der Waals surface area contributed by atoms with Crippen molar-refractivity contribution in [2.45, 2.75) is 12.8 Å². The van der Waals surface area contributed by atoms with Gasteiger partial charge in [-0.3, -0.25) is 14.9 Å². The van der Waals surface area contributed by atoms with E-state index in [1.807, 2.05) is 9.80 Å². The smallest absolute Gasteiger partial charge is 0.295 e. The van der Waals surface area contributed by atoms with Gasteiger partial charge in [-0.25, -0.2) is 4.39 Å². The maximum atomic E-state index is 13.3. The van der Waals surface area contributed by atoms with Crippen LogP contribution < -0.4 is 4.90 Å². The molecule has 7 nitrogen and oxygen atoms in total. The van der Waals surface area contributed by atoms with Crippen LogP contribution in [-0.4, -0.2) is 55.1 Å². The minimum absolute atomic E-state index is 0.0566. The summed E-state index contributed by atoms with van der Waals surface area (Å²) >= 11 is 0. The van der Waals surface area contributed by atoms with E-state index in [0.29, 0.717) is 57.9 Å². The minimum atomic E-state index is -0.622. The number of nitrogens with zero attached hydrogens (tertiary/aromatic N) is 3. The highest BCUT2D eigenvalue weighted by Gasteiger charge is 2.31. The van der Waals surface area contributed by atoms with E-state index in [1.165, 1.54) is 12.1 Å². The third-order valence-corrected chi connectivity index (χ3v) is 4.64. The van der Waals surface area contributed by atoms with Gasteiger partial charge >= 0.3 is 0 Å². The molecule has 2 aliphatic heterocycles. The molecule has 0 bridgehead atoms. The van der Waals surface area contributed by atoms with Crippen molar-refractivity contribution >= 4 is 17.3 Å². The van der Waals surface area contributed by atoms with Gasteiger partial charge in [-0.05, 0) is 25.0 Å². The Morgan fingerprint density at radius 2 is 1.88 bits per heavy atom. The number of amides is 1. The summed E-state index contributed by atoms with van der Waals surface area (Å²) in [6.45, 7) is 3.50.